The number of ether oxygens (including phenoxy) is 2. The third kappa shape index (κ3) is 3.56. The summed E-state index contributed by atoms with van der Waals surface area (Å²) in [6.45, 7) is 0. The number of fused-ring (bicyclic) bond motifs is 3. The van der Waals surface area contributed by atoms with E-state index >= 15 is 0 Å². The molecule has 5 heteroatoms. The van der Waals surface area contributed by atoms with Crippen LogP contribution in [0.15, 0.2) is 84.9 Å². The minimum atomic E-state index is -0.547. The Kier molecular flexibility index (Phi) is 5.23. The number of carbonyl (C=O) groups excluding carboxylic acids is 2. The summed E-state index contributed by atoms with van der Waals surface area (Å²) in [7, 11) is 1.30. The van der Waals surface area contributed by atoms with Gasteiger partial charge in [0.15, 0.2) is 0 Å². The van der Waals surface area contributed by atoms with Gasteiger partial charge in [0.25, 0.3) is 0 Å². The molecule has 3 aromatic rings. The van der Waals surface area contributed by atoms with Crippen LogP contribution in [0.25, 0.3) is 0 Å². The number of allylic oxidation sites excluding steroid dienone is 2. The minimum Gasteiger partial charge on any atom is -0.465 e. The van der Waals surface area contributed by atoms with Gasteiger partial charge in [0.2, 0.25) is 0 Å². The van der Waals surface area contributed by atoms with E-state index < -0.39 is 11.9 Å². The van der Waals surface area contributed by atoms with Crippen molar-refractivity contribution in [1.82, 2.24) is 0 Å². The second kappa shape index (κ2) is 8.35. The zero-order chi connectivity index (χ0) is 22.1. The first-order valence-corrected chi connectivity index (χ1v) is 10.7. The van der Waals surface area contributed by atoms with E-state index in [1.54, 1.807) is 30.3 Å². The second-order valence-electron chi connectivity index (χ2n) is 8.07. The van der Waals surface area contributed by atoms with Crippen molar-refractivity contribution in [1.29, 1.82) is 0 Å². The smallest absolute Gasteiger partial charge is 0.343 e. The molecule has 32 heavy (non-hydrogen) atoms. The van der Waals surface area contributed by atoms with Gasteiger partial charge in [-0.2, -0.15) is 0 Å². The van der Waals surface area contributed by atoms with E-state index in [4.69, 9.17) is 9.47 Å². The number of benzene rings is 3. The summed E-state index contributed by atoms with van der Waals surface area (Å²) in [6, 6.07) is 22.9. The number of methoxy groups -OCH3 is 1. The Balaban J connectivity index is 1.44. The molecule has 2 aliphatic rings. The molecule has 5 nitrogen and oxygen atoms in total. The third-order valence-corrected chi connectivity index (χ3v) is 6.25. The molecule has 1 aliphatic heterocycles. The van der Waals surface area contributed by atoms with Crippen LogP contribution in [0.2, 0.25) is 0 Å². The van der Waals surface area contributed by atoms with E-state index in [0.29, 0.717) is 11.5 Å². The third-order valence-electron chi connectivity index (χ3n) is 6.25. The molecule has 0 amide bonds. The molecule has 0 radical (unpaired) electrons. The summed E-state index contributed by atoms with van der Waals surface area (Å²) in [5, 5.41) is 3.68. The van der Waals surface area contributed by atoms with Gasteiger partial charge in [-0.1, -0.05) is 54.6 Å². The van der Waals surface area contributed by atoms with Crippen molar-refractivity contribution in [2.75, 3.05) is 12.4 Å². The Morgan fingerprint density at radius 3 is 2.53 bits per heavy atom. The van der Waals surface area contributed by atoms with E-state index in [0.717, 1.165) is 17.7 Å². The fourth-order valence-electron chi connectivity index (χ4n) is 4.70. The highest BCUT2D eigenvalue weighted by Gasteiger charge is 2.38. The number of hydrogen-bond donors (Lipinski definition) is 1. The molecule has 1 heterocycles. The van der Waals surface area contributed by atoms with Gasteiger partial charge in [0.05, 0.1) is 18.7 Å². The molecule has 0 spiro atoms. The largest absolute Gasteiger partial charge is 0.465 e. The minimum absolute atomic E-state index is 0.183. The van der Waals surface area contributed by atoms with Gasteiger partial charge in [-0.15, -0.1) is 0 Å². The number of rotatable bonds is 4. The Hall–Kier alpha value is -3.86. The van der Waals surface area contributed by atoms with Crippen LogP contribution in [-0.2, 0) is 4.74 Å². The van der Waals surface area contributed by atoms with Gasteiger partial charge < -0.3 is 14.8 Å². The zero-order valence-electron chi connectivity index (χ0n) is 17.7. The van der Waals surface area contributed by atoms with Crippen LogP contribution in [0.1, 0.15) is 50.2 Å². The average Bonchev–Trinajstić information content (AvgIpc) is 3.34. The van der Waals surface area contributed by atoms with Crippen molar-refractivity contribution in [3.05, 3.63) is 107 Å². The van der Waals surface area contributed by atoms with Crippen molar-refractivity contribution in [2.24, 2.45) is 5.92 Å². The monoisotopic (exact) mass is 425 g/mol. The van der Waals surface area contributed by atoms with E-state index in [1.165, 1.54) is 12.7 Å². The molecule has 1 aliphatic carbocycles. The maximum atomic E-state index is 12.9. The summed E-state index contributed by atoms with van der Waals surface area (Å²) in [6.07, 6.45) is 5.44. The number of anilines is 1. The standard InChI is InChI=1S/C27H23NO4/c1-31-27(30)21-10-5-6-13-24(21)32-26(29)18-14-15-23-22(16-18)19-11-7-12-20(19)25(28-23)17-8-3-2-4-9-17/h2-11,13-16,19-20,25,28H,12H2,1H3/t19-,20+,25-/m1/s1. The van der Waals surface area contributed by atoms with E-state index in [2.05, 4.69) is 41.7 Å². The lowest BCUT2D eigenvalue weighted by Crippen LogP contribution is -2.29. The Bertz CT molecular complexity index is 1200. The number of esters is 2. The second-order valence-corrected chi connectivity index (χ2v) is 8.07. The maximum absolute atomic E-state index is 12.9. The van der Waals surface area contributed by atoms with Crippen molar-refractivity contribution < 1.29 is 19.1 Å². The van der Waals surface area contributed by atoms with Gasteiger partial charge in [-0.3, -0.25) is 0 Å². The number of para-hydroxylation sites is 1. The van der Waals surface area contributed by atoms with Gasteiger partial charge in [0.1, 0.15) is 11.3 Å². The van der Waals surface area contributed by atoms with E-state index in [9.17, 15) is 9.59 Å². The number of carbonyl (C=O) groups is 2. The molecule has 0 bridgehead atoms. The van der Waals surface area contributed by atoms with Crippen molar-refractivity contribution in [3.8, 4) is 5.75 Å². The van der Waals surface area contributed by atoms with Crippen LogP contribution >= 0.6 is 0 Å². The molecule has 160 valence electrons. The highest BCUT2D eigenvalue weighted by Crippen LogP contribution is 2.49. The summed E-state index contributed by atoms with van der Waals surface area (Å²) in [5.41, 5.74) is 4.04. The van der Waals surface area contributed by atoms with Gasteiger partial charge in [-0.05, 0) is 53.8 Å². The van der Waals surface area contributed by atoms with E-state index in [1.807, 2.05) is 18.2 Å². The maximum Gasteiger partial charge on any atom is 0.343 e. The molecular formula is C27H23NO4. The summed E-state index contributed by atoms with van der Waals surface area (Å²) in [5.74, 6) is -0.257. The van der Waals surface area contributed by atoms with Crippen LogP contribution < -0.4 is 10.1 Å². The number of nitrogens with one attached hydrogen (secondary N) is 1. The van der Waals surface area contributed by atoms with E-state index in [-0.39, 0.29) is 23.3 Å². The predicted octanol–water partition coefficient (Wildman–Crippen LogP) is 5.52. The van der Waals surface area contributed by atoms with Crippen molar-refractivity contribution in [3.63, 3.8) is 0 Å². The molecule has 0 unspecified atom stereocenters. The Labute approximate surface area is 186 Å². The lowest BCUT2D eigenvalue weighted by Gasteiger charge is -2.37. The molecule has 0 saturated carbocycles. The first-order valence-electron chi connectivity index (χ1n) is 10.7. The van der Waals surface area contributed by atoms with Gasteiger partial charge in [-0.25, -0.2) is 9.59 Å². The molecule has 1 N–H and O–H groups in total. The molecular weight excluding hydrogens is 402 g/mol. The Morgan fingerprint density at radius 2 is 1.72 bits per heavy atom. The average molecular weight is 425 g/mol. The van der Waals surface area contributed by atoms with Crippen LogP contribution in [-0.4, -0.2) is 19.0 Å². The molecule has 3 atom stereocenters. The lowest BCUT2D eigenvalue weighted by atomic mass is 9.76. The van der Waals surface area contributed by atoms with Crippen LogP contribution in [0.3, 0.4) is 0 Å². The molecule has 0 fully saturated rings. The van der Waals surface area contributed by atoms with Crippen LogP contribution in [0.5, 0.6) is 5.75 Å². The fraction of sp³-hybridized carbons (Fsp3) is 0.185. The molecule has 5 rings (SSSR count). The van der Waals surface area contributed by atoms with Crippen molar-refractivity contribution >= 4 is 17.6 Å². The highest BCUT2D eigenvalue weighted by atomic mass is 16.5. The van der Waals surface area contributed by atoms with Crippen molar-refractivity contribution in [2.45, 2.75) is 18.4 Å². The first kappa shape index (κ1) is 20.1. The summed E-state index contributed by atoms with van der Waals surface area (Å²) >= 11 is 0. The topological polar surface area (TPSA) is 64.6 Å². The van der Waals surface area contributed by atoms with Crippen LogP contribution in [0, 0.1) is 5.92 Å². The Morgan fingerprint density at radius 1 is 0.938 bits per heavy atom. The van der Waals surface area contributed by atoms with Crippen LogP contribution in [0.4, 0.5) is 5.69 Å². The van der Waals surface area contributed by atoms with Gasteiger partial charge >= 0.3 is 11.9 Å². The zero-order valence-corrected chi connectivity index (χ0v) is 17.7. The lowest BCUT2D eigenvalue weighted by molar-refractivity contribution is 0.0593. The molecule has 0 saturated heterocycles. The first-order chi connectivity index (χ1) is 15.7. The summed E-state index contributed by atoms with van der Waals surface area (Å²) < 4.78 is 10.4. The molecule has 3 aromatic carbocycles. The fourth-order valence-corrected chi connectivity index (χ4v) is 4.70. The van der Waals surface area contributed by atoms with Gasteiger partial charge in [0, 0.05) is 11.6 Å². The highest BCUT2D eigenvalue weighted by molar-refractivity contribution is 5.96. The summed E-state index contributed by atoms with van der Waals surface area (Å²) in [4.78, 5) is 24.9. The molecule has 0 aromatic heterocycles. The normalized spacial score (nSPS) is 20.6. The predicted molar refractivity (Wildman–Crippen MR) is 122 cm³/mol. The SMILES string of the molecule is COC(=O)c1ccccc1OC(=O)c1ccc2c(c1)[C@@H]1C=CC[C@@H]1[C@@H](c1ccccc1)N2. The number of hydrogen-bond acceptors (Lipinski definition) is 5. The quantitative estimate of drug-likeness (QED) is 0.339.